The molecule has 0 spiro atoms. The number of pyridine rings is 2. The highest BCUT2D eigenvalue weighted by molar-refractivity contribution is 6.21. The fraction of sp³-hybridized carbons (Fsp3) is 0.286. The van der Waals surface area contributed by atoms with Crippen LogP contribution < -0.4 is 10.3 Å². The van der Waals surface area contributed by atoms with Gasteiger partial charge in [-0.05, 0) is 61.9 Å². The number of imide groups is 1. The lowest BCUT2D eigenvalue weighted by Crippen LogP contribution is -2.39. The van der Waals surface area contributed by atoms with E-state index in [1.54, 1.807) is 42.1 Å². The molecule has 1 aliphatic rings. The summed E-state index contributed by atoms with van der Waals surface area (Å²) in [6, 6.07) is 14.3. The number of ether oxygens (including phenoxy) is 1. The number of hydrogen-bond donors (Lipinski definition) is 0. The number of hydrogen-bond acceptors (Lipinski definition) is 5. The van der Waals surface area contributed by atoms with Crippen LogP contribution in [0.15, 0.2) is 59.5 Å². The van der Waals surface area contributed by atoms with Crippen molar-refractivity contribution >= 4 is 33.5 Å². The van der Waals surface area contributed by atoms with Gasteiger partial charge in [-0.2, -0.15) is 0 Å². The number of amides is 2. The third-order valence-corrected chi connectivity index (χ3v) is 6.82. The Bertz CT molecular complexity index is 1520. The van der Waals surface area contributed by atoms with E-state index in [9.17, 15) is 14.4 Å². The molecular formula is C28H27N3O4. The van der Waals surface area contributed by atoms with Crippen LogP contribution in [0.25, 0.3) is 21.7 Å². The predicted molar refractivity (Wildman–Crippen MR) is 135 cm³/mol. The van der Waals surface area contributed by atoms with Crippen molar-refractivity contribution in [3.8, 4) is 5.75 Å². The number of carbonyl (C=O) groups excluding carboxylic acids is 2. The second-order valence-corrected chi connectivity index (χ2v) is 9.39. The number of carbonyl (C=O) groups is 2. The van der Waals surface area contributed by atoms with Crippen LogP contribution in [0.4, 0.5) is 0 Å². The first-order valence-electron chi connectivity index (χ1n) is 11.8. The summed E-state index contributed by atoms with van der Waals surface area (Å²) in [6.07, 6.45) is 2.34. The molecule has 0 saturated carbocycles. The van der Waals surface area contributed by atoms with Gasteiger partial charge in [0, 0.05) is 30.7 Å². The molecule has 0 saturated heterocycles. The molecule has 4 aromatic rings. The zero-order valence-corrected chi connectivity index (χ0v) is 20.2. The molecule has 0 bridgehead atoms. The van der Waals surface area contributed by atoms with E-state index in [4.69, 9.17) is 4.74 Å². The van der Waals surface area contributed by atoms with Crippen LogP contribution in [0.5, 0.6) is 5.75 Å². The van der Waals surface area contributed by atoms with E-state index in [2.05, 4.69) is 4.98 Å². The molecule has 7 nitrogen and oxygen atoms in total. The monoisotopic (exact) mass is 469 g/mol. The Hall–Kier alpha value is -4.00. The maximum atomic E-state index is 12.9. The first-order chi connectivity index (χ1) is 16.8. The third kappa shape index (κ3) is 3.77. The van der Waals surface area contributed by atoms with Crippen molar-refractivity contribution in [2.24, 2.45) is 13.0 Å². The maximum absolute atomic E-state index is 12.9. The molecule has 2 unspecified atom stereocenters. The fourth-order valence-corrected chi connectivity index (χ4v) is 5.05. The van der Waals surface area contributed by atoms with Crippen LogP contribution in [0.1, 0.15) is 46.7 Å². The molecule has 2 atom stereocenters. The number of benzene rings is 2. The standard InChI is InChI=1S/C28H27N3O4/c1-16(13-17(2)31-26(32)22-7-5-6-8-23(22)27(31)33)15-35-19-9-10-20-21-11-12-29-18(3)25(21)28(34)30(4)24(20)14-19/h5-12,14,16-17H,13,15H2,1-4H3. The van der Waals surface area contributed by atoms with Crippen LogP contribution in [0.2, 0.25) is 0 Å². The van der Waals surface area contributed by atoms with Crippen molar-refractivity contribution in [2.45, 2.75) is 33.2 Å². The van der Waals surface area contributed by atoms with E-state index in [1.807, 2.05) is 45.0 Å². The predicted octanol–water partition coefficient (Wildman–Crippen LogP) is 4.48. The summed E-state index contributed by atoms with van der Waals surface area (Å²) in [5.74, 6) is 0.288. The number of aryl methyl sites for hydroxylation is 2. The second-order valence-electron chi connectivity index (χ2n) is 9.39. The molecule has 0 radical (unpaired) electrons. The van der Waals surface area contributed by atoms with Crippen molar-refractivity contribution in [3.05, 3.63) is 81.9 Å². The lowest BCUT2D eigenvalue weighted by Gasteiger charge is -2.25. The van der Waals surface area contributed by atoms with Gasteiger partial charge in [0.2, 0.25) is 0 Å². The first kappa shape index (κ1) is 22.8. The lowest BCUT2D eigenvalue weighted by molar-refractivity contribution is 0.0571. The molecule has 3 heterocycles. The average Bonchev–Trinajstić information content (AvgIpc) is 3.11. The average molecular weight is 470 g/mol. The second kappa shape index (κ2) is 8.65. The summed E-state index contributed by atoms with van der Waals surface area (Å²) >= 11 is 0. The van der Waals surface area contributed by atoms with Gasteiger partial charge in [-0.15, -0.1) is 0 Å². The van der Waals surface area contributed by atoms with Crippen LogP contribution in [0.3, 0.4) is 0 Å². The molecule has 1 aliphatic heterocycles. The summed E-state index contributed by atoms with van der Waals surface area (Å²) in [6.45, 7) is 6.20. The molecule has 178 valence electrons. The lowest BCUT2D eigenvalue weighted by atomic mass is 10.0. The van der Waals surface area contributed by atoms with Crippen LogP contribution in [-0.4, -0.2) is 38.9 Å². The zero-order chi connectivity index (χ0) is 24.9. The Balaban J connectivity index is 1.31. The molecule has 0 fully saturated rings. The molecule has 2 amide bonds. The number of fused-ring (bicyclic) bond motifs is 4. The van der Waals surface area contributed by atoms with E-state index < -0.39 is 0 Å². The van der Waals surface area contributed by atoms with Gasteiger partial charge in [0.25, 0.3) is 17.4 Å². The minimum Gasteiger partial charge on any atom is -0.493 e. The molecule has 7 heteroatoms. The highest BCUT2D eigenvalue weighted by atomic mass is 16.5. The van der Waals surface area contributed by atoms with Gasteiger partial charge in [0.15, 0.2) is 0 Å². The Morgan fingerprint density at radius 1 is 0.943 bits per heavy atom. The van der Waals surface area contributed by atoms with Crippen molar-refractivity contribution in [1.82, 2.24) is 14.5 Å². The molecular weight excluding hydrogens is 442 g/mol. The van der Waals surface area contributed by atoms with E-state index >= 15 is 0 Å². The summed E-state index contributed by atoms with van der Waals surface area (Å²) in [7, 11) is 1.76. The topological polar surface area (TPSA) is 81.5 Å². The van der Waals surface area contributed by atoms with E-state index in [0.717, 1.165) is 16.3 Å². The van der Waals surface area contributed by atoms with Gasteiger partial charge < -0.3 is 9.30 Å². The van der Waals surface area contributed by atoms with E-state index in [-0.39, 0.29) is 29.3 Å². The highest BCUT2D eigenvalue weighted by Gasteiger charge is 2.38. The van der Waals surface area contributed by atoms with Crippen LogP contribution in [0, 0.1) is 12.8 Å². The number of rotatable bonds is 6. The Kier molecular flexibility index (Phi) is 5.63. The normalized spacial score (nSPS) is 15.0. The Morgan fingerprint density at radius 3 is 2.31 bits per heavy atom. The Morgan fingerprint density at radius 2 is 1.63 bits per heavy atom. The van der Waals surface area contributed by atoms with Gasteiger partial charge in [-0.25, -0.2) is 0 Å². The minimum absolute atomic E-state index is 0.0848. The van der Waals surface area contributed by atoms with E-state index in [0.29, 0.717) is 41.0 Å². The Labute approximate surface area is 203 Å². The van der Waals surface area contributed by atoms with Crippen molar-refractivity contribution in [1.29, 1.82) is 0 Å². The SMILES string of the molecule is Cc1nccc2c1c(=O)n(C)c1cc(OCC(C)CC(C)N3C(=O)c4ccccc4C3=O)ccc21. The van der Waals surface area contributed by atoms with Crippen LogP contribution >= 0.6 is 0 Å². The number of nitrogens with zero attached hydrogens (tertiary/aromatic N) is 3. The molecule has 2 aromatic heterocycles. The molecule has 5 rings (SSSR count). The maximum Gasteiger partial charge on any atom is 0.261 e. The third-order valence-electron chi connectivity index (χ3n) is 6.82. The quantitative estimate of drug-likeness (QED) is 0.307. The highest BCUT2D eigenvalue weighted by Crippen LogP contribution is 2.29. The summed E-state index contributed by atoms with van der Waals surface area (Å²) in [5.41, 5.74) is 2.35. The van der Waals surface area contributed by atoms with Gasteiger partial charge >= 0.3 is 0 Å². The van der Waals surface area contributed by atoms with Gasteiger partial charge in [0.1, 0.15) is 5.75 Å². The van der Waals surface area contributed by atoms with Crippen molar-refractivity contribution in [3.63, 3.8) is 0 Å². The summed E-state index contributed by atoms with van der Waals surface area (Å²) in [4.78, 5) is 44.1. The largest absolute Gasteiger partial charge is 0.493 e. The minimum atomic E-state index is -0.248. The van der Waals surface area contributed by atoms with Crippen LogP contribution in [-0.2, 0) is 7.05 Å². The van der Waals surface area contributed by atoms with Crippen molar-refractivity contribution in [2.75, 3.05) is 6.61 Å². The first-order valence-corrected chi connectivity index (χ1v) is 11.8. The smallest absolute Gasteiger partial charge is 0.261 e. The van der Waals surface area contributed by atoms with Gasteiger partial charge in [-0.1, -0.05) is 19.1 Å². The fourth-order valence-electron chi connectivity index (χ4n) is 5.05. The molecule has 0 aliphatic carbocycles. The van der Waals surface area contributed by atoms with Gasteiger partial charge in [0.05, 0.1) is 34.3 Å². The number of aromatic nitrogens is 2. The molecule has 0 N–H and O–H groups in total. The van der Waals surface area contributed by atoms with Gasteiger partial charge in [-0.3, -0.25) is 24.3 Å². The van der Waals surface area contributed by atoms with Crippen molar-refractivity contribution < 1.29 is 14.3 Å². The molecule has 35 heavy (non-hydrogen) atoms. The summed E-state index contributed by atoms with van der Waals surface area (Å²) < 4.78 is 7.70. The van der Waals surface area contributed by atoms with E-state index in [1.165, 1.54) is 4.90 Å². The zero-order valence-electron chi connectivity index (χ0n) is 20.2. The summed E-state index contributed by atoms with van der Waals surface area (Å²) in [5, 5.41) is 2.48. The molecule has 2 aromatic carbocycles.